The van der Waals surface area contributed by atoms with E-state index in [1.165, 1.54) is 0 Å². The van der Waals surface area contributed by atoms with E-state index in [1.54, 1.807) is 41.3 Å². The van der Waals surface area contributed by atoms with Crippen molar-refractivity contribution in [3.05, 3.63) is 64.7 Å². The summed E-state index contributed by atoms with van der Waals surface area (Å²) in [6, 6.07) is 6.94. The van der Waals surface area contributed by atoms with Crippen molar-refractivity contribution in [3.8, 4) is 0 Å². The Labute approximate surface area is 145 Å². The molecule has 0 bridgehead atoms. The molecule has 0 atom stereocenters. The maximum absolute atomic E-state index is 12.3. The van der Waals surface area contributed by atoms with Gasteiger partial charge < -0.3 is 5.32 Å². The molecule has 124 valence electrons. The minimum absolute atomic E-state index is 0.255. The standard InChI is InChI=1S/C17H18ClN5O/c1-3-23-12(2)13(8-20-23)10-22-11-14(9-19-22)21-17(24)15-6-4-5-7-16(15)18/h4-9,11H,3,10H2,1-2H3,(H,21,24). The first-order chi connectivity index (χ1) is 11.6. The van der Waals surface area contributed by atoms with E-state index in [9.17, 15) is 4.79 Å². The maximum Gasteiger partial charge on any atom is 0.257 e. The van der Waals surface area contributed by atoms with Crippen molar-refractivity contribution in [2.75, 3.05) is 5.32 Å². The van der Waals surface area contributed by atoms with Crippen LogP contribution in [0.2, 0.25) is 5.02 Å². The number of nitrogens with one attached hydrogen (secondary N) is 1. The summed E-state index contributed by atoms with van der Waals surface area (Å²) in [4.78, 5) is 12.3. The molecule has 3 aromatic rings. The molecular formula is C17H18ClN5O. The predicted molar refractivity (Wildman–Crippen MR) is 93.4 cm³/mol. The van der Waals surface area contributed by atoms with Crippen LogP contribution in [0.15, 0.2) is 42.9 Å². The molecule has 1 amide bonds. The van der Waals surface area contributed by atoms with Crippen molar-refractivity contribution in [2.45, 2.75) is 26.9 Å². The first kappa shape index (κ1) is 16.3. The topological polar surface area (TPSA) is 64.7 Å². The lowest BCUT2D eigenvalue weighted by molar-refractivity contribution is 0.102. The van der Waals surface area contributed by atoms with Gasteiger partial charge in [-0.1, -0.05) is 23.7 Å². The van der Waals surface area contributed by atoms with Crippen molar-refractivity contribution in [1.82, 2.24) is 19.6 Å². The summed E-state index contributed by atoms with van der Waals surface area (Å²) in [5.41, 5.74) is 3.28. The quantitative estimate of drug-likeness (QED) is 0.772. The fraction of sp³-hybridized carbons (Fsp3) is 0.235. The molecule has 1 N–H and O–H groups in total. The number of carbonyl (C=O) groups excluding carboxylic acids is 1. The van der Waals surface area contributed by atoms with Gasteiger partial charge in [-0.15, -0.1) is 0 Å². The predicted octanol–water partition coefficient (Wildman–Crippen LogP) is 3.36. The summed E-state index contributed by atoms with van der Waals surface area (Å²) in [5, 5.41) is 11.8. The molecule has 3 rings (SSSR count). The number of anilines is 1. The fourth-order valence-corrected chi connectivity index (χ4v) is 2.71. The molecule has 0 saturated heterocycles. The van der Waals surface area contributed by atoms with Crippen molar-refractivity contribution in [1.29, 1.82) is 0 Å². The van der Waals surface area contributed by atoms with Gasteiger partial charge in [-0.05, 0) is 26.0 Å². The molecule has 0 aliphatic carbocycles. The van der Waals surface area contributed by atoms with Gasteiger partial charge in [-0.25, -0.2) is 0 Å². The number of halogens is 1. The highest BCUT2D eigenvalue weighted by atomic mass is 35.5. The van der Waals surface area contributed by atoms with Crippen LogP contribution in [0.3, 0.4) is 0 Å². The van der Waals surface area contributed by atoms with Crippen molar-refractivity contribution >= 4 is 23.2 Å². The summed E-state index contributed by atoms with van der Waals surface area (Å²) < 4.78 is 3.71. The van der Waals surface area contributed by atoms with Gasteiger partial charge in [0.2, 0.25) is 0 Å². The number of benzene rings is 1. The Hall–Kier alpha value is -2.60. The van der Waals surface area contributed by atoms with E-state index in [1.807, 2.05) is 17.8 Å². The Morgan fingerprint density at radius 2 is 2.04 bits per heavy atom. The lowest BCUT2D eigenvalue weighted by Crippen LogP contribution is -2.11. The van der Waals surface area contributed by atoms with Gasteiger partial charge in [0, 0.05) is 24.0 Å². The minimum atomic E-state index is -0.255. The number of hydrogen-bond donors (Lipinski definition) is 1. The molecule has 6 nitrogen and oxygen atoms in total. The molecule has 2 aromatic heterocycles. The smallest absolute Gasteiger partial charge is 0.257 e. The van der Waals surface area contributed by atoms with E-state index in [2.05, 4.69) is 22.4 Å². The summed E-state index contributed by atoms with van der Waals surface area (Å²) in [7, 11) is 0. The molecule has 0 fully saturated rings. The zero-order chi connectivity index (χ0) is 17.1. The molecule has 0 aliphatic rings. The van der Waals surface area contributed by atoms with E-state index in [-0.39, 0.29) is 5.91 Å². The summed E-state index contributed by atoms with van der Waals surface area (Å²) >= 11 is 6.04. The summed E-state index contributed by atoms with van der Waals surface area (Å²) in [6.45, 7) is 5.54. The van der Waals surface area contributed by atoms with Gasteiger partial charge in [-0.2, -0.15) is 10.2 Å². The summed E-state index contributed by atoms with van der Waals surface area (Å²) in [5.74, 6) is -0.255. The second kappa shape index (κ2) is 6.88. The Morgan fingerprint density at radius 3 is 2.75 bits per heavy atom. The first-order valence-electron chi connectivity index (χ1n) is 7.68. The Bertz CT molecular complexity index is 868. The normalized spacial score (nSPS) is 10.8. The molecule has 0 spiro atoms. The number of nitrogens with zero attached hydrogens (tertiary/aromatic N) is 4. The molecule has 7 heteroatoms. The lowest BCUT2D eigenvalue weighted by atomic mass is 10.2. The van der Waals surface area contributed by atoms with E-state index < -0.39 is 0 Å². The molecule has 1 aromatic carbocycles. The number of amides is 1. The maximum atomic E-state index is 12.3. The lowest BCUT2D eigenvalue weighted by Gasteiger charge is -2.04. The average Bonchev–Trinajstić information content (AvgIpc) is 3.15. The van der Waals surface area contributed by atoms with Crippen LogP contribution in [0.1, 0.15) is 28.5 Å². The van der Waals surface area contributed by atoms with E-state index in [0.29, 0.717) is 22.8 Å². The van der Waals surface area contributed by atoms with Gasteiger partial charge in [0.05, 0.1) is 35.2 Å². The molecule has 24 heavy (non-hydrogen) atoms. The molecule has 0 unspecified atom stereocenters. The van der Waals surface area contributed by atoms with Gasteiger partial charge in [0.15, 0.2) is 0 Å². The monoisotopic (exact) mass is 343 g/mol. The number of carbonyl (C=O) groups is 1. The highest BCUT2D eigenvalue weighted by Crippen LogP contribution is 2.17. The van der Waals surface area contributed by atoms with Crippen LogP contribution in [0.25, 0.3) is 0 Å². The third kappa shape index (κ3) is 3.33. The largest absolute Gasteiger partial charge is 0.319 e. The second-order valence-corrected chi connectivity index (χ2v) is 5.84. The van der Waals surface area contributed by atoms with Crippen LogP contribution in [0, 0.1) is 6.92 Å². The molecular weight excluding hydrogens is 326 g/mol. The molecule has 0 saturated carbocycles. The van der Waals surface area contributed by atoms with Crippen LogP contribution in [-0.4, -0.2) is 25.5 Å². The fourth-order valence-electron chi connectivity index (χ4n) is 2.49. The van der Waals surface area contributed by atoms with Crippen molar-refractivity contribution in [2.24, 2.45) is 0 Å². The zero-order valence-corrected chi connectivity index (χ0v) is 14.3. The van der Waals surface area contributed by atoms with Crippen LogP contribution in [-0.2, 0) is 13.1 Å². The zero-order valence-electron chi connectivity index (χ0n) is 13.5. The third-order valence-electron chi connectivity index (χ3n) is 3.85. The van der Waals surface area contributed by atoms with Gasteiger partial charge in [0.25, 0.3) is 5.91 Å². The van der Waals surface area contributed by atoms with Gasteiger partial charge in [-0.3, -0.25) is 14.2 Å². The molecule has 2 heterocycles. The minimum Gasteiger partial charge on any atom is -0.319 e. The third-order valence-corrected chi connectivity index (χ3v) is 4.18. The molecule has 0 aliphatic heterocycles. The number of hydrogen-bond acceptors (Lipinski definition) is 3. The second-order valence-electron chi connectivity index (χ2n) is 5.43. The average molecular weight is 344 g/mol. The number of aromatic nitrogens is 4. The van der Waals surface area contributed by atoms with Gasteiger partial charge >= 0.3 is 0 Å². The Balaban J connectivity index is 1.70. The van der Waals surface area contributed by atoms with Crippen LogP contribution in [0.5, 0.6) is 0 Å². The van der Waals surface area contributed by atoms with Gasteiger partial charge in [0.1, 0.15) is 0 Å². The Morgan fingerprint density at radius 1 is 1.25 bits per heavy atom. The van der Waals surface area contributed by atoms with Crippen LogP contribution >= 0.6 is 11.6 Å². The number of rotatable bonds is 5. The van der Waals surface area contributed by atoms with E-state index in [4.69, 9.17) is 11.6 Å². The van der Waals surface area contributed by atoms with Crippen molar-refractivity contribution < 1.29 is 4.79 Å². The first-order valence-corrected chi connectivity index (χ1v) is 8.06. The highest BCUT2D eigenvalue weighted by Gasteiger charge is 2.12. The number of aryl methyl sites for hydroxylation is 1. The highest BCUT2D eigenvalue weighted by molar-refractivity contribution is 6.34. The SMILES string of the molecule is CCn1ncc(Cn2cc(NC(=O)c3ccccc3Cl)cn2)c1C. The van der Waals surface area contributed by atoms with Crippen LogP contribution in [0.4, 0.5) is 5.69 Å². The Kier molecular flexibility index (Phi) is 4.66. The van der Waals surface area contributed by atoms with E-state index in [0.717, 1.165) is 17.8 Å². The van der Waals surface area contributed by atoms with Crippen molar-refractivity contribution in [3.63, 3.8) is 0 Å². The molecule has 0 radical (unpaired) electrons. The van der Waals surface area contributed by atoms with E-state index >= 15 is 0 Å². The summed E-state index contributed by atoms with van der Waals surface area (Å²) in [6.07, 6.45) is 5.26. The van der Waals surface area contributed by atoms with Crippen LogP contribution < -0.4 is 5.32 Å².